The number of fused-ring (bicyclic) bond motifs is 4. The fraction of sp³-hybridized carbons (Fsp3) is 0.296. The fourth-order valence-corrected chi connectivity index (χ4v) is 5.17. The average Bonchev–Trinajstić information content (AvgIpc) is 3.29. The van der Waals surface area contributed by atoms with Crippen molar-refractivity contribution in [3.63, 3.8) is 0 Å². The molecule has 6 rings (SSSR count). The molecule has 0 bridgehead atoms. The van der Waals surface area contributed by atoms with E-state index in [0.717, 1.165) is 48.8 Å². The predicted molar refractivity (Wildman–Crippen MR) is 143 cm³/mol. The highest BCUT2D eigenvalue weighted by Crippen LogP contribution is 2.24. The van der Waals surface area contributed by atoms with Crippen molar-refractivity contribution < 1.29 is 9.18 Å². The van der Waals surface area contributed by atoms with Gasteiger partial charge in [0.15, 0.2) is 11.6 Å². The molecule has 5 aromatic rings. The van der Waals surface area contributed by atoms with Gasteiger partial charge < -0.3 is 15.2 Å². The van der Waals surface area contributed by atoms with E-state index in [1.807, 2.05) is 19.1 Å². The summed E-state index contributed by atoms with van der Waals surface area (Å²) in [6.45, 7) is 7.24. The van der Waals surface area contributed by atoms with Gasteiger partial charge in [-0.05, 0) is 55.8 Å². The van der Waals surface area contributed by atoms with Gasteiger partial charge >= 0.3 is 0 Å². The van der Waals surface area contributed by atoms with Gasteiger partial charge in [-0.3, -0.25) is 14.5 Å². The number of carbonyl (C=O) groups excluding carboxylic acids is 1. The number of halogens is 1. The monoisotopic (exact) mass is 514 g/mol. The van der Waals surface area contributed by atoms with Crippen molar-refractivity contribution in [1.29, 1.82) is 0 Å². The first-order valence-corrected chi connectivity index (χ1v) is 12.5. The molecule has 1 fully saturated rings. The van der Waals surface area contributed by atoms with Crippen molar-refractivity contribution in [3.05, 3.63) is 75.1 Å². The summed E-state index contributed by atoms with van der Waals surface area (Å²) in [7, 11) is 1.60. The van der Waals surface area contributed by atoms with Crippen LogP contribution in [0.5, 0.6) is 0 Å². The maximum atomic E-state index is 15.2. The number of hydrogen-bond donors (Lipinski definition) is 2. The third-order valence-corrected chi connectivity index (χ3v) is 7.03. The minimum absolute atomic E-state index is 0.164. The third-order valence-electron chi connectivity index (χ3n) is 7.03. The smallest absolute Gasteiger partial charge is 0.274 e. The number of aryl methyl sites for hydroxylation is 2. The van der Waals surface area contributed by atoms with Gasteiger partial charge in [-0.15, -0.1) is 0 Å². The molecule has 0 aliphatic carbocycles. The first-order valence-electron chi connectivity index (χ1n) is 12.5. The van der Waals surface area contributed by atoms with E-state index in [1.165, 1.54) is 10.6 Å². The molecule has 0 radical (unpaired) electrons. The first-order chi connectivity index (χ1) is 18.3. The van der Waals surface area contributed by atoms with Crippen molar-refractivity contribution in [2.45, 2.75) is 20.4 Å². The van der Waals surface area contributed by atoms with E-state index in [-0.39, 0.29) is 17.0 Å². The SMILES string of the molecule is CNC(=O)c1ccc2nc(C)c(N3CCN(Cc4cc(F)c5c(c4)[nH]c(=O)c4cc(C)nn45)CC3)nc2c1. The van der Waals surface area contributed by atoms with Crippen LogP contribution in [0.4, 0.5) is 10.2 Å². The highest BCUT2D eigenvalue weighted by Gasteiger charge is 2.22. The lowest BCUT2D eigenvalue weighted by Gasteiger charge is -2.36. The lowest BCUT2D eigenvalue weighted by molar-refractivity contribution is 0.0963. The summed E-state index contributed by atoms with van der Waals surface area (Å²) in [6.07, 6.45) is 0. The lowest BCUT2D eigenvalue weighted by Crippen LogP contribution is -2.46. The predicted octanol–water partition coefficient (Wildman–Crippen LogP) is 2.56. The van der Waals surface area contributed by atoms with Crippen molar-refractivity contribution in [3.8, 4) is 0 Å². The van der Waals surface area contributed by atoms with Crippen LogP contribution in [0.2, 0.25) is 0 Å². The molecule has 3 aromatic heterocycles. The third kappa shape index (κ3) is 4.14. The number of rotatable bonds is 4. The van der Waals surface area contributed by atoms with Crippen LogP contribution in [0.15, 0.2) is 41.2 Å². The lowest BCUT2D eigenvalue weighted by atomic mass is 10.1. The molecule has 2 aromatic carbocycles. The van der Waals surface area contributed by atoms with Crippen LogP contribution in [-0.4, -0.2) is 68.6 Å². The quantitative estimate of drug-likeness (QED) is 0.379. The van der Waals surface area contributed by atoms with Gasteiger partial charge in [0.05, 0.1) is 27.9 Å². The minimum Gasteiger partial charge on any atom is -0.355 e. The van der Waals surface area contributed by atoms with Crippen LogP contribution in [0, 0.1) is 19.7 Å². The van der Waals surface area contributed by atoms with Crippen LogP contribution < -0.4 is 15.8 Å². The van der Waals surface area contributed by atoms with E-state index in [2.05, 4.69) is 25.2 Å². The molecule has 0 unspecified atom stereocenters. The van der Waals surface area contributed by atoms with Crippen LogP contribution in [-0.2, 0) is 6.54 Å². The Labute approximate surface area is 217 Å². The Morgan fingerprint density at radius 1 is 1.05 bits per heavy atom. The fourth-order valence-electron chi connectivity index (χ4n) is 5.17. The average molecular weight is 515 g/mol. The van der Waals surface area contributed by atoms with Gasteiger partial charge in [0.25, 0.3) is 11.5 Å². The largest absolute Gasteiger partial charge is 0.355 e. The number of hydrogen-bond acceptors (Lipinski definition) is 7. The summed E-state index contributed by atoms with van der Waals surface area (Å²) >= 11 is 0. The van der Waals surface area contributed by atoms with Crippen LogP contribution >= 0.6 is 0 Å². The molecule has 0 spiro atoms. The Morgan fingerprint density at radius 2 is 1.84 bits per heavy atom. The topological polar surface area (TPSA) is 112 Å². The van der Waals surface area contributed by atoms with E-state index < -0.39 is 5.82 Å². The summed E-state index contributed by atoms with van der Waals surface area (Å²) < 4.78 is 16.6. The number of aromatic amines is 1. The van der Waals surface area contributed by atoms with E-state index >= 15 is 4.39 Å². The van der Waals surface area contributed by atoms with Crippen LogP contribution in [0.1, 0.15) is 27.3 Å². The van der Waals surface area contributed by atoms with Gasteiger partial charge in [0, 0.05) is 45.3 Å². The summed E-state index contributed by atoms with van der Waals surface area (Å²) in [6, 6.07) is 10.3. The second kappa shape index (κ2) is 9.18. The normalized spacial score (nSPS) is 14.6. The molecule has 1 aliphatic heterocycles. The molecule has 2 N–H and O–H groups in total. The number of amides is 1. The molecule has 38 heavy (non-hydrogen) atoms. The number of nitrogens with one attached hydrogen (secondary N) is 2. The number of anilines is 1. The molecular weight excluding hydrogens is 487 g/mol. The van der Waals surface area contributed by atoms with Crippen molar-refractivity contribution >= 4 is 39.3 Å². The molecule has 0 atom stereocenters. The number of benzene rings is 2. The zero-order chi connectivity index (χ0) is 26.6. The zero-order valence-electron chi connectivity index (χ0n) is 21.4. The maximum absolute atomic E-state index is 15.2. The molecule has 10 nitrogen and oxygen atoms in total. The van der Waals surface area contributed by atoms with Crippen molar-refractivity contribution in [2.75, 3.05) is 38.1 Å². The van der Waals surface area contributed by atoms with Crippen LogP contribution in [0.25, 0.3) is 27.6 Å². The second-order valence-electron chi connectivity index (χ2n) is 9.69. The van der Waals surface area contributed by atoms with Gasteiger partial charge in [-0.1, -0.05) is 0 Å². The Hall–Kier alpha value is -4.38. The minimum atomic E-state index is -0.418. The molecule has 1 amide bonds. The van der Waals surface area contributed by atoms with E-state index in [0.29, 0.717) is 34.4 Å². The second-order valence-corrected chi connectivity index (χ2v) is 9.69. The summed E-state index contributed by atoms with van der Waals surface area (Å²) in [5.74, 6) is 0.223. The van der Waals surface area contributed by atoms with Gasteiger partial charge in [0.2, 0.25) is 0 Å². The summed E-state index contributed by atoms with van der Waals surface area (Å²) in [4.78, 5) is 41.3. The molecule has 0 saturated carbocycles. The zero-order valence-corrected chi connectivity index (χ0v) is 21.4. The van der Waals surface area contributed by atoms with E-state index in [4.69, 9.17) is 9.97 Å². The van der Waals surface area contributed by atoms with Gasteiger partial charge in [0.1, 0.15) is 11.0 Å². The maximum Gasteiger partial charge on any atom is 0.274 e. The molecule has 194 valence electrons. The molecular formula is C27H27FN8O2. The van der Waals surface area contributed by atoms with Gasteiger partial charge in [-0.25, -0.2) is 18.9 Å². The molecule has 1 aliphatic rings. The molecule has 11 heteroatoms. The van der Waals surface area contributed by atoms with E-state index in [9.17, 15) is 9.59 Å². The standard InChI is InChI=1S/C27H27FN8O2/c1-15-10-23-27(38)32-22-12-17(11-19(28)24(22)36(23)33-15)14-34-6-8-35(9-7-34)25-16(2)30-20-5-4-18(26(37)29-3)13-21(20)31-25/h4-5,10-13H,6-9,14H2,1-3H3,(H,29,37)(H,32,38). The number of piperazine rings is 1. The number of carbonyl (C=O) groups is 1. The first kappa shape index (κ1) is 24.0. The van der Waals surface area contributed by atoms with Crippen LogP contribution in [0.3, 0.4) is 0 Å². The Kier molecular flexibility index (Phi) is 5.79. The highest BCUT2D eigenvalue weighted by molar-refractivity contribution is 5.97. The Morgan fingerprint density at radius 3 is 2.61 bits per heavy atom. The Balaban J connectivity index is 1.21. The summed E-state index contributed by atoms with van der Waals surface area (Å²) in [5, 5.41) is 6.94. The summed E-state index contributed by atoms with van der Waals surface area (Å²) in [5.41, 5.74) is 4.97. The highest BCUT2D eigenvalue weighted by atomic mass is 19.1. The number of nitrogens with zero attached hydrogens (tertiary/aromatic N) is 6. The Bertz CT molecular complexity index is 1790. The molecule has 4 heterocycles. The number of aromatic nitrogens is 5. The van der Waals surface area contributed by atoms with Gasteiger partial charge in [-0.2, -0.15) is 5.10 Å². The molecule has 1 saturated heterocycles. The van der Waals surface area contributed by atoms with Crippen molar-refractivity contribution in [1.82, 2.24) is 34.8 Å². The van der Waals surface area contributed by atoms with Crippen molar-refractivity contribution in [2.24, 2.45) is 0 Å². The van der Waals surface area contributed by atoms with E-state index in [1.54, 1.807) is 32.2 Å². The number of H-pyrrole nitrogens is 1.